The highest BCUT2D eigenvalue weighted by molar-refractivity contribution is 6.30. The average molecular weight is 393 g/mol. The van der Waals surface area contributed by atoms with Crippen molar-refractivity contribution in [3.63, 3.8) is 0 Å². The van der Waals surface area contributed by atoms with E-state index in [0.717, 1.165) is 49.2 Å². The molecular formula is C23H21ClN2O2. The lowest BCUT2D eigenvalue weighted by molar-refractivity contribution is -0.121. The first-order valence-corrected chi connectivity index (χ1v) is 10.1. The van der Waals surface area contributed by atoms with Gasteiger partial charge < -0.3 is 9.42 Å². The topological polar surface area (TPSA) is 46.3 Å². The third-order valence-electron chi connectivity index (χ3n) is 5.89. The Morgan fingerprint density at radius 1 is 1.14 bits per heavy atom. The molecule has 4 nitrogen and oxygen atoms in total. The Kier molecular flexibility index (Phi) is 4.06. The summed E-state index contributed by atoms with van der Waals surface area (Å²) in [7, 11) is 0. The molecular weight excluding hydrogens is 372 g/mol. The van der Waals surface area contributed by atoms with E-state index in [9.17, 15) is 4.79 Å². The van der Waals surface area contributed by atoms with Gasteiger partial charge in [-0.15, -0.1) is 0 Å². The summed E-state index contributed by atoms with van der Waals surface area (Å²) in [5.41, 5.74) is 4.64. The van der Waals surface area contributed by atoms with Crippen molar-refractivity contribution in [2.24, 2.45) is 0 Å². The fourth-order valence-electron chi connectivity index (χ4n) is 4.15. The number of carbonyl (C=O) groups is 1. The minimum absolute atomic E-state index is 0.147. The lowest BCUT2D eigenvalue weighted by Gasteiger charge is -2.32. The van der Waals surface area contributed by atoms with Crippen LogP contribution in [0.2, 0.25) is 5.02 Å². The van der Waals surface area contributed by atoms with Crippen LogP contribution in [0.25, 0.3) is 11.3 Å². The largest absolute Gasteiger partial charge is 0.356 e. The summed E-state index contributed by atoms with van der Waals surface area (Å²) in [5.74, 6) is 0.814. The third kappa shape index (κ3) is 2.83. The quantitative estimate of drug-likeness (QED) is 0.606. The van der Waals surface area contributed by atoms with Crippen LogP contribution in [0.1, 0.15) is 36.1 Å². The standard InChI is InChI=1S/C23H21ClN2O2/c1-15-4-9-19-17(13-15)3-2-12-26(19)22(27)23(10-11-23)21-14-20(28-25-21)16-5-7-18(24)8-6-16/h4-9,13-14H,2-3,10-12H2,1H3. The van der Waals surface area contributed by atoms with Crippen molar-refractivity contribution in [2.45, 2.75) is 38.0 Å². The van der Waals surface area contributed by atoms with Crippen LogP contribution in [0.5, 0.6) is 0 Å². The van der Waals surface area contributed by atoms with Gasteiger partial charge in [0.25, 0.3) is 0 Å². The van der Waals surface area contributed by atoms with Gasteiger partial charge in [-0.05, 0) is 68.5 Å². The number of benzene rings is 2. The number of amides is 1. The molecule has 1 aliphatic heterocycles. The van der Waals surface area contributed by atoms with Crippen molar-refractivity contribution >= 4 is 23.2 Å². The fourth-order valence-corrected chi connectivity index (χ4v) is 4.28. The molecule has 1 aliphatic carbocycles. The Morgan fingerprint density at radius 2 is 1.93 bits per heavy atom. The summed E-state index contributed by atoms with van der Waals surface area (Å²) < 4.78 is 5.58. The van der Waals surface area contributed by atoms with Gasteiger partial charge in [-0.25, -0.2) is 0 Å². The number of aryl methyl sites for hydroxylation is 2. The molecule has 5 heteroatoms. The number of nitrogens with zero attached hydrogens (tertiary/aromatic N) is 2. The predicted molar refractivity (Wildman–Crippen MR) is 110 cm³/mol. The molecule has 0 N–H and O–H groups in total. The van der Waals surface area contributed by atoms with Gasteiger partial charge in [0.05, 0.1) is 11.1 Å². The molecule has 28 heavy (non-hydrogen) atoms. The summed E-state index contributed by atoms with van der Waals surface area (Å²) in [5, 5.41) is 4.96. The fraction of sp³-hybridized carbons (Fsp3) is 0.304. The van der Waals surface area contributed by atoms with Gasteiger partial charge >= 0.3 is 0 Å². The number of hydrogen-bond acceptors (Lipinski definition) is 3. The van der Waals surface area contributed by atoms with Crippen LogP contribution in [0, 0.1) is 6.92 Å². The minimum atomic E-state index is -0.548. The molecule has 0 unspecified atom stereocenters. The van der Waals surface area contributed by atoms with Crippen LogP contribution in [0.4, 0.5) is 5.69 Å². The second-order valence-corrected chi connectivity index (χ2v) is 8.29. The van der Waals surface area contributed by atoms with Crippen LogP contribution in [-0.4, -0.2) is 17.6 Å². The van der Waals surface area contributed by atoms with Crippen molar-refractivity contribution in [3.05, 3.63) is 70.4 Å². The lowest BCUT2D eigenvalue weighted by Crippen LogP contribution is -2.42. The van der Waals surface area contributed by atoms with Gasteiger partial charge in [-0.3, -0.25) is 4.79 Å². The molecule has 2 heterocycles. The Balaban J connectivity index is 1.46. The van der Waals surface area contributed by atoms with E-state index >= 15 is 0 Å². The van der Waals surface area contributed by atoms with E-state index in [-0.39, 0.29) is 5.91 Å². The molecule has 0 spiro atoms. The average Bonchev–Trinajstić information content (AvgIpc) is 3.37. The molecule has 0 saturated heterocycles. The molecule has 2 aliphatic rings. The summed E-state index contributed by atoms with van der Waals surface area (Å²) >= 11 is 5.97. The maximum Gasteiger partial charge on any atom is 0.239 e. The van der Waals surface area contributed by atoms with E-state index in [2.05, 4.69) is 30.3 Å². The van der Waals surface area contributed by atoms with Crippen molar-refractivity contribution in [1.82, 2.24) is 5.16 Å². The zero-order valence-electron chi connectivity index (χ0n) is 15.7. The summed E-state index contributed by atoms with van der Waals surface area (Å²) in [6.07, 6.45) is 3.65. The highest BCUT2D eigenvalue weighted by Crippen LogP contribution is 2.51. The molecule has 5 rings (SSSR count). The zero-order chi connectivity index (χ0) is 19.3. The summed E-state index contributed by atoms with van der Waals surface area (Å²) in [6.45, 7) is 2.86. The SMILES string of the molecule is Cc1ccc2c(c1)CCCN2C(=O)C1(c2cc(-c3ccc(Cl)cc3)on2)CC1. The molecule has 2 aromatic carbocycles. The number of carbonyl (C=O) groups excluding carboxylic acids is 1. The molecule has 1 aromatic heterocycles. The minimum Gasteiger partial charge on any atom is -0.356 e. The van der Waals surface area contributed by atoms with Crippen LogP contribution in [0.3, 0.4) is 0 Å². The second-order valence-electron chi connectivity index (χ2n) is 7.86. The first kappa shape index (κ1) is 17.5. The number of anilines is 1. The summed E-state index contributed by atoms with van der Waals surface area (Å²) in [6, 6.07) is 15.7. The van der Waals surface area contributed by atoms with Gasteiger partial charge in [-0.1, -0.05) is 34.5 Å². The Morgan fingerprint density at radius 3 is 2.68 bits per heavy atom. The van der Waals surface area contributed by atoms with E-state index in [1.807, 2.05) is 35.2 Å². The van der Waals surface area contributed by atoms with E-state index < -0.39 is 5.41 Å². The molecule has 0 bridgehead atoms. The van der Waals surface area contributed by atoms with Crippen LogP contribution in [-0.2, 0) is 16.6 Å². The molecule has 142 valence electrons. The Bertz CT molecular complexity index is 1050. The third-order valence-corrected chi connectivity index (χ3v) is 6.14. The Labute approximate surface area is 169 Å². The Hall–Kier alpha value is -2.59. The number of aromatic nitrogens is 1. The smallest absolute Gasteiger partial charge is 0.239 e. The maximum atomic E-state index is 13.5. The van der Waals surface area contributed by atoms with Crippen molar-refractivity contribution in [2.75, 3.05) is 11.4 Å². The summed E-state index contributed by atoms with van der Waals surface area (Å²) in [4.78, 5) is 15.5. The van der Waals surface area contributed by atoms with Gasteiger partial charge in [-0.2, -0.15) is 0 Å². The number of rotatable bonds is 3. The van der Waals surface area contributed by atoms with Crippen molar-refractivity contribution < 1.29 is 9.32 Å². The number of halogens is 1. The number of hydrogen-bond donors (Lipinski definition) is 0. The first-order valence-electron chi connectivity index (χ1n) is 9.71. The van der Waals surface area contributed by atoms with Gasteiger partial charge in [0.2, 0.25) is 5.91 Å². The first-order chi connectivity index (χ1) is 13.6. The normalized spacial score (nSPS) is 17.3. The van der Waals surface area contributed by atoms with E-state index in [4.69, 9.17) is 16.1 Å². The van der Waals surface area contributed by atoms with Crippen LogP contribution < -0.4 is 4.90 Å². The molecule has 1 fully saturated rings. The molecule has 3 aromatic rings. The van der Waals surface area contributed by atoms with Gasteiger partial charge in [0.1, 0.15) is 0 Å². The van der Waals surface area contributed by atoms with Crippen LogP contribution in [0.15, 0.2) is 53.1 Å². The number of fused-ring (bicyclic) bond motifs is 1. The molecule has 1 saturated carbocycles. The zero-order valence-corrected chi connectivity index (χ0v) is 16.5. The van der Waals surface area contributed by atoms with Crippen molar-refractivity contribution in [3.8, 4) is 11.3 Å². The molecule has 0 radical (unpaired) electrons. The van der Waals surface area contributed by atoms with Gasteiger partial charge in [0, 0.05) is 28.9 Å². The van der Waals surface area contributed by atoms with E-state index in [0.29, 0.717) is 10.8 Å². The van der Waals surface area contributed by atoms with Crippen LogP contribution >= 0.6 is 11.6 Å². The van der Waals surface area contributed by atoms with Gasteiger partial charge in [0.15, 0.2) is 5.76 Å². The second kappa shape index (κ2) is 6.49. The maximum absolute atomic E-state index is 13.5. The van der Waals surface area contributed by atoms with E-state index in [1.165, 1.54) is 11.1 Å². The highest BCUT2D eigenvalue weighted by atomic mass is 35.5. The predicted octanol–water partition coefficient (Wildman–Crippen LogP) is 5.31. The molecule has 0 atom stereocenters. The molecule has 1 amide bonds. The monoisotopic (exact) mass is 392 g/mol. The van der Waals surface area contributed by atoms with E-state index in [1.54, 1.807) is 0 Å². The highest BCUT2D eigenvalue weighted by Gasteiger charge is 2.56. The van der Waals surface area contributed by atoms with Crippen molar-refractivity contribution in [1.29, 1.82) is 0 Å². The lowest BCUT2D eigenvalue weighted by atomic mass is 9.95.